The zero-order valence-corrected chi connectivity index (χ0v) is 17.2. The highest BCUT2D eigenvalue weighted by Crippen LogP contribution is 2.17. The van der Waals surface area contributed by atoms with Crippen molar-refractivity contribution in [3.8, 4) is 0 Å². The van der Waals surface area contributed by atoms with E-state index in [1.165, 1.54) is 6.33 Å². The molecule has 3 rings (SSSR count). The topological polar surface area (TPSA) is 92.9 Å². The molecule has 2 aromatic heterocycles. The minimum atomic E-state index is -0.515. The molecule has 1 saturated heterocycles. The fourth-order valence-corrected chi connectivity index (χ4v) is 3.37. The molecule has 0 unspecified atom stereocenters. The molecule has 3 heterocycles. The molecule has 0 aliphatic carbocycles. The minimum Gasteiger partial charge on any atom is -0.444 e. The Hall–Kier alpha value is -2.71. The van der Waals surface area contributed by atoms with Gasteiger partial charge in [0, 0.05) is 44.0 Å². The van der Waals surface area contributed by atoms with E-state index in [1.807, 2.05) is 39.5 Å². The van der Waals surface area contributed by atoms with Crippen molar-refractivity contribution >= 4 is 17.8 Å². The van der Waals surface area contributed by atoms with Crippen molar-refractivity contribution in [2.75, 3.05) is 26.2 Å². The van der Waals surface area contributed by atoms with Crippen LogP contribution >= 0.6 is 0 Å². The molecule has 1 aliphatic heterocycles. The van der Waals surface area contributed by atoms with Crippen molar-refractivity contribution < 1.29 is 14.3 Å². The summed E-state index contributed by atoms with van der Waals surface area (Å²) in [5.41, 5.74) is 2.35. The van der Waals surface area contributed by atoms with Crippen LogP contribution in [0.5, 0.6) is 0 Å². The molecule has 152 valence electrons. The molecule has 0 radical (unpaired) electrons. The molecule has 9 heteroatoms. The number of hydrogen-bond donors (Lipinski definition) is 0. The number of carbonyl (C=O) groups excluding carboxylic acids is 2. The highest BCUT2D eigenvalue weighted by molar-refractivity contribution is 5.77. The van der Waals surface area contributed by atoms with Crippen LogP contribution in [0.3, 0.4) is 0 Å². The number of aromatic nitrogens is 4. The molecule has 0 spiro atoms. The predicted octanol–water partition coefficient (Wildman–Crippen LogP) is 1.75. The van der Waals surface area contributed by atoms with Crippen molar-refractivity contribution in [3.05, 3.63) is 23.3 Å². The number of fused-ring (bicyclic) bond motifs is 1. The average Bonchev–Trinajstić information content (AvgIpc) is 3.08. The Balaban J connectivity index is 1.55. The van der Waals surface area contributed by atoms with Crippen molar-refractivity contribution in [1.82, 2.24) is 29.4 Å². The largest absolute Gasteiger partial charge is 0.444 e. The summed E-state index contributed by atoms with van der Waals surface area (Å²) >= 11 is 0. The van der Waals surface area contributed by atoms with E-state index in [0.717, 1.165) is 17.0 Å². The fraction of sp³-hybridized carbons (Fsp3) is 0.632. The van der Waals surface area contributed by atoms with Gasteiger partial charge in [-0.05, 0) is 46.6 Å². The lowest BCUT2D eigenvalue weighted by molar-refractivity contribution is -0.132. The quantitative estimate of drug-likeness (QED) is 0.795. The second-order valence-electron chi connectivity index (χ2n) is 8.08. The lowest BCUT2D eigenvalue weighted by Gasteiger charge is -2.35. The Morgan fingerprint density at radius 3 is 2.39 bits per heavy atom. The van der Waals surface area contributed by atoms with E-state index in [-0.39, 0.29) is 12.0 Å². The van der Waals surface area contributed by atoms with Gasteiger partial charge in [0.05, 0.1) is 0 Å². The van der Waals surface area contributed by atoms with Crippen LogP contribution in [0, 0.1) is 13.8 Å². The van der Waals surface area contributed by atoms with Crippen LogP contribution < -0.4 is 0 Å². The van der Waals surface area contributed by atoms with Gasteiger partial charge in [-0.15, -0.1) is 0 Å². The van der Waals surface area contributed by atoms with Crippen LogP contribution in [0.15, 0.2) is 6.33 Å². The number of ether oxygens (including phenoxy) is 1. The normalized spacial score (nSPS) is 15.2. The van der Waals surface area contributed by atoms with Crippen LogP contribution in [0.25, 0.3) is 5.78 Å². The highest BCUT2D eigenvalue weighted by Gasteiger charge is 2.27. The Bertz CT molecular complexity index is 878. The van der Waals surface area contributed by atoms with Crippen LogP contribution in [0.1, 0.15) is 44.1 Å². The van der Waals surface area contributed by atoms with Crippen molar-refractivity contribution in [3.63, 3.8) is 0 Å². The summed E-state index contributed by atoms with van der Waals surface area (Å²) in [6, 6.07) is 0. The Labute approximate surface area is 164 Å². The number of piperazine rings is 1. The third-order valence-electron chi connectivity index (χ3n) is 4.86. The Kier molecular flexibility index (Phi) is 5.53. The highest BCUT2D eigenvalue weighted by atomic mass is 16.6. The fourth-order valence-electron chi connectivity index (χ4n) is 3.37. The van der Waals surface area contributed by atoms with Crippen LogP contribution in [-0.4, -0.2) is 73.2 Å². The number of rotatable bonds is 3. The first-order valence-electron chi connectivity index (χ1n) is 9.57. The zero-order valence-electron chi connectivity index (χ0n) is 17.2. The van der Waals surface area contributed by atoms with E-state index in [1.54, 1.807) is 9.42 Å². The summed E-state index contributed by atoms with van der Waals surface area (Å²) in [5.74, 6) is 0.657. The number of nitrogens with zero attached hydrogens (tertiary/aromatic N) is 6. The van der Waals surface area contributed by atoms with Gasteiger partial charge in [-0.1, -0.05) is 0 Å². The molecule has 28 heavy (non-hydrogen) atoms. The lowest BCUT2D eigenvalue weighted by Crippen LogP contribution is -2.51. The summed E-state index contributed by atoms with van der Waals surface area (Å²) in [6.45, 7) is 11.5. The van der Waals surface area contributed by atoms with Gasteiger partial charge in [-0.3, -0.25) is 4.79 Å². The minimum absolute atomic E-state index is 0.0846. The molecule has 1 fully saturated rings. The van der Waals surface area contributed by atoms with Gasteiger partial charge >= 0.3 is 6.09 Å². The van der Waals surface area contributed by atoms with E-state index in [4.69, 9.17) is 4.74 Å². The summed E-state index contributed by atoms with van der Waals surface area (Å²) in [7, 11) is 0. The predicted molar refractivity (Wildman–Crippen MR) is 103 cm³/mol. The van der Waals surface area contributed by atoms with Crippen molar-refractivity contribution in [2.24, 2.45) is 0 Å². The molecule has 0 N–H and O–H groups in total. The first-order valence-corrected chi connectivity index (χ1v) is 9.57. The van der Waals surface area contributed by atoms with Crippen molar-refractivity contribution in [1.29, 1.82) is 0 Å². The molecule has 0 atom stereocenters. The summed E-state index contributed by atoms with van der Waals surface area (Å²) in [6.07, 6.45) is 2.16. The standard InChI is InChI=1S/C19H28N6O3/c1-13-15(14(2)25-17(22-13)20-12-21-25)6-7-16(26)23-8-10-24(11-9-23)18(27)28-19(3,4)5/h12H,6-11H2,1-5H3. The molecule has 1 aliphatic rings. The summed E-state index contributed by atoms with van der Waals surface area (Å²) in [4.78, 5) is 36.8. The van der Waals surface area contributed by atoms with E-state index in [2.05, 4.69) is 15.1 Å². The zero-order chi connectivity index (χ0) is 20.5. The molecule has 0 saturated carbocycles. The van der Waals surface area contributed by atoms with Gasteiger partial charge < -0.3 is 14.5 Å². The molecular formula is C19H28N6O3. The van der Waals surface area contributed by atoms with Gasteiger partial charge in [0.15, 0.2) is 0 Å². The van der Waals surface area contributed by atoms with E-state index in [9.17, 15) is 9.59 Å². The first kappa shape index (κ1) is 20.0. The molecule has 0 aromatic carbocycles. The summed E-state index contributed by atoms with van der Waals surface area (Å²) in [5, 5.41) is 4.19. The molecule has 2 amide bonds. The second kappa shape index (κ2) is 7.73. The average molecular weight is 388 g/mol. The van der Waals surface area contributed by atoms with Crippen molar-refractivity contribution in [2.45, 2.75) is 53.1 Å². The monoisotopic (exact) mass is 388 g/mol. The molecule has 2 aromatic rings. The molecular weight excluding hydrogens is 360 g/mol. The van der Waals surface area contributed by atoms with Gasteiger partial charge in [0.1, 0.15) is 11.9 Å². The van der Waals surface area contributed by atoms with Gasteiger partial charge in [0.2, 0.25) is 5.91 Å². The van der Waals surface area contributed by atoms with Gasteiger partial charge in [-0.2, -0.15) is 10.1 Å². The third-order valence-corrected chi connectivity index (χ3v) is 4.86. The summed E-state index contributed by atoms with van der Waals surface area (Å²) < 4.78 is 7.10. The van der Waals surface area contributed by atoms with Crippen LogP contribution in [-0.2, 0) is 16.0 Å². The van der Waals surface area contributed by atoms with Crippen LogP contribution in [0.4, 0.5) is 4.79 Å². The Morgan fingerprint density at radius 1 is 1.11 bits per heavy atom. The molecule has 0 bridgehead atoms. The van der Waals surface area contributed by atoms with Gasteiger partial charge in [0.25, 0.3) is 5.78 Å². The molecule has 9 nitrogen and oxygen atoms in total. The number of hydrogen-bond acceptors (Lipinski definition) is 6. The maximum absolute atomic E-state index is 12.6. The smallest absolute Gasteiger partial charge is 0.410 e. The third kappa shape index (κ3) is 4.40. The van der Waals surface area contributed by atoms with Crippen LogP contribution in [0.2, 0.25) is 0 Å². The van der Waals surface area contributed by atoms with Gasteiger partial charge in [-0.25, -0.2) is 14.3 Å². The van der Waals surface area contributed by atoms with E-state index in [0.29, 0.717) is 44.8 Å². The number of carbonyl (C=O) groups is 2. The van der Waals surface area contributed by atoms with E-state index >= 15 is 0 Å². The Morgan fingerprint density at radius 2 is 1.75 bits per heavy atom. The van der Waals surface area contributed by atoms with E-state index < -0.39 is 5.60 Å². The first-order chi connectivity index (χ1) is 13.2. The lowest BCUT2D eigenvalue weighted by atomic mass is 10.1. The number of amides is 2. The maximum atomic E-state index is 12.6. The second-order valence-corrected chi connectivity index (χ2v) is 8.08. The number of aryl methyl sites for hydroxylation is 2. The maximum Gasteiger partial charge on any atom is 0.410 e. The SMILES string of the molecule is Cc1nc2ncnn2c(C)c1CCC(=O)N1CCN(C(=O)OC(C)(C)C)CC1.